The van der Waals surface area contributed by atoms with Gasteiger partial charge in [-0.2, -0.15) is 0 Å². The van der Waals surface area contributed by atoms with E-state index in [1.807, 2.05) is 24.3 Å². The van der Waals surface area contributed by atoms with Gasteiger partial charge in [-0.3, -0.25) is 4.79 Å². The third-order valence-corrected chi connectivity index (χ3v) is 2.42. The van der Waals surface area contributed by atoms with E-state index in [2.05, 4.69) is 4.49 Å². The highest BCUT2D eigenvalue weighted by Gasteiger charge is 2.08. The first-order valence-corrected chi connectivity index (χ1v) is 4.86. The van der Waals surface area contributed by atoms with E-state index in [0.717, 1.165) is 23.0 Å². The molecular formula is C9H9N2O2S+. The van der Waals surface area contributed by atoms with Crippen LogP contribution in [0.15, 0.2) is 35.3 Å². The summed E-state index contributed by atoms with van der Waals surface area (Å²) >= 11 is 1.06. The Morgan fingerprint density at radius 2 is 2.07 bits per heavy atom. The molecule has 0 saturated carbocycles. The van der Waals surface area contributed by atoms with Gasteiger partial charge in [-0.25, -0.2) is 0 Å². The van der Waals surface area contributed by atoms with E-state index in [9.17, 15) is 4.79 Å². The summed E-state index contributed by atoms with van der Waals surface area (Å²) < 4.78 is 9.57. The summed E-state index contributed by atoms with van der Waals surface area (Å²) in [5.41, 5.74) is 0.907. The lowest BCUT2D eigenvalue weighted by molar-refractivity contribution is -0.651. The zero-order chi connectivity index (χ0) is 9.97. The summed E-state index contributed by atoms with van der Waals surface area (Å²) in [6.45, 7) is 0. The first kappa shape index (κ1) is 8.96. The highest BCUT2D eigenvalue weighted by atomic mass is 32.1. The Morgan fingerprint density at radius 1 is 1.36 bits per heavy atom. The van der Waals surface area contributed by atoms with Crippen LogP contribution >= 0.6 is 11.5 Å². The molecule has 0 amide bonds. The summed E-state index contributed by atoms with van der Waals surface area (Å²) in [6, 6.07) is 7.44. The van der Waals surface area contributed by atoms with Crippen molar-refractivity contribution in [3.05, 3.63) is 40.0 Å². The van der Waals surface area contributed by atoms with Gasteiger partial charge < -0.3 is 4.74 Å². The molecule has 14 heavy (non-hydrogen) atoms. The quantitative estimate of drug-likeness (QED) is 0.741. The molecule has 2 rings (SSSR count). The maximum Gasteiger partial charge on any atom is 0.318 e. The zero-order valence-corrected chi connectivity index (χ0v) is 8.38. The Labute approximate surface area is 84.5 Å². The summed E-state index contributed by atoms with van der Waals surface area (Å²) in [5, 5.41) is 0. The second-order valence-electron chi connectivity index (χ2n) is 2.71. The van der Waals surface area contributed by atoms with Crippen molar-refractivity contribution in [3.63, 3.8) is 0 Å². The average Bonchev–Trinajstić information content (AvgIpc) is 2.65. The molecule has 1 N–H and O–H groups in total. The maximum atomic E-state index is 10.9. The van der Waals surface area contributed by atoms with E-state index in [0.29, 0.717) is 0 Å². The molecule has 0 spiro atoms. The van der Waals surface area contributed by atoms with Crippen LogP contribution in [0.25, 0.3) is 5.69 Å². The molecule has 0 fully saturated rings. The van der Waals surface area contributed by atoms with Crippen molar-refractivity contribution in [1.29, 1.82) is 0 Å². The molecule has 1 aromatic carbocycles. The first-order valence-electron chi connectivity index (χ1n) is 4.04. The summed E-state index contributed by atoms with van der Waals surface area (Å²) in [7, 11) is 1.62. The Bertz CT molecular complexity index is 472. The van der Waals surface area contributed by atoms with E-state index < -0.39 is 0 Å². The van der Waals surface area contributed by atoms with Gasteiger partial charge in [-0.15, -0.1) is 4.49 Å². The van der Waals surface area contributed by atoms with Gasteiger partial charge >= 0.3 is 4.74 Å². The van der Waals surface area contributed by atoms with Gasteiger partial charge in [0.1, 0.15) is 5.75 Å². The third-order valence-electron chi connectivity index (χ3n) is 1.83. The summed E-state index contributed by atoms with van der Waals surface area (Å²) in [6.07, 6.45) is 1.51. The van der Waals surface area contributed by atoms with Crippen LogP contribution < -0.4 is 14.2 Å². The molecule has 0 saturated heterocycles. The number of methoxy groups -OCH3 is 1. The zero-order valence-electron chi connectivity index (χ0n) is 7.56. The van der Waals surface area contributed by atoms with Crippen LogP contribution in [0.3, 0.4) is 0 Å². The Morgan fingerprint density at radius 3 is 2.57 bits per heavy atom. The van der Waals surface area contributed by atoms with Gasteiger partial charge in [0.15, 0.2) is 0 Å². The fraction of sp³-hybridized carbons (Fsp3) is 0.111. The molecule has 4 nitrogen and oxygen atoms in total. The van der Waals surface area contributed by atoms with Gasteiger partial charge in [-0.05, 0) is 12.1 Å². The minimum absolute atomic E-state index is 0.000757. The second-order valence-corrected chi connectivity index (χ2v) is 3.50. The molecule has 0 aliphatic heterocycles. The number of rotatable bonds is 2. The third kappa shape index (κ3) is 1.67. The molecule has 2 aromatic rings. The van der Waals surface area contributed by atoms with E-state index in [1.54, 1.807) is 11.8 Å². The van der Waals surface area contributed by atoms with Crippen molar-refractivity contribution in [2.24, 2.45) is 0 Å². The van der Waals surface area contributed by atoms with Gasteiger partial charge in [-0.1, -0.05) is 4.68 Å². The number of hydrogen-bond donors (Lipinski definition) is 1. The largest absolute Gasteiger partial charge is 0.497 e. The number of H-pyrrole nitrogens is 1. The van der Waals surface area contributed by atoms with E-state index in [-0.39, 0.29) is 4.74 Å². The van der Waals surface area contributed by atoms with E-state index in [1.165, 1.54) is 6.20 Å². The molecule has 0 aliphatic carbocycles. The molecule has 1 aromatic heterocycles. The van der Waals surface area contributed by atoms with Gasteiger partial charge in [0.2, 0.25) is 5.69 Å². The standard InChI is InChI=1S/C9H8N2O2S/c1-13-8-4-2-7(3-5-8)11-6-9(12)14-10-11/h2-6H,1H3/p+1. The lowest BCUT2D eigenvalue weighted by Crippen LogP contribution is -2.31. The van der Waals surface area contributed by atoms with Gasteiger partial charge in [0, 0.05) is 23.7 Å². The lowest BCUT2D eigenvalue weighted by Gasteiger charge is -1.96. The van der Waals surface area contributed by atoms with Crippen molar-refractivity contribution < 1.29 is 9.42 Å². The topological polar surface area (TPSA) is 46.0 Å². The summed E-state index contributed by atoms with van der Waals surface area (Å²) in [4.78, 5) is 10.9. The van der Waals surface area contributed by atoms with Crippen molar-refractivity contribution >= 4 is 11.5 Å². The van der Waals surface area contributed by atoms with Crippen LogP contribution in [0.5, 0.6) is 5.75 Å². The predicted molar refractivity (Wildman–Crippen MR) is 53.0 cm³/mol. The van der Waals surface area contributed by atoms with Gasteiger partial charge in [0.05, 0.1) is 7.11 Å². The molecular weight excluding hydrogens is 200 g/mol. The number of aromatic amines is 1. The Kier molecular flexibility index (Phi) is 2.32. The minimum Gasteiger partial charge on any atom is -0.497 e. The SMILES string of the molecule is COc1ccc(-[n+]2cc(=O)s[nH]2)cc1. The van der Waals surface area contributed by atoms with E-state index >= 15 is 0 Å². The molecule has 0 bridgehead atoms. The smallest absolute Gasteiger partial charge is 0.318 e. The molecule has 0 atom stereocenters. The predicted octanol–water partition coefficient (Wildman–Crippen LogP) is 0.722. The molecule has 0 radical (unpaired) electrons. The number of benzene rings is 1. The molecule has 5 heteroatoms. The van der Waals surface area contributed by atoms with Crippen LogP contribution in [0, 0.1) is 0 Å². The van der Waals surface area contributed by atoms with Crippen LogP contribution in [-0.4, -0.2) is 11.6 Å². The molecule has 0 aliphatic rings. The first-order chi connectivity index (χ1) is 6.79. The fourth-order valence-electron chi connectivity index (χ4n) is 1.12. The Hall–Kier alpha value is -1.62. The van der Waals surface area contributed by atoms with Crippen molar-refractivity contribution in [3.8, 4) is 11.4 Å². The van der Waals surface area contributed by atoms with Crippen molar-refractivity contribution in [2.45, 2.75) is 0 Å². The fourth-order valence-corrected chi connectivity index (χ4v) is 1.63. The maximum absolute atomic E-state index is 10.9. The average molecular weight is 209 g/mol. The number of ether oxygens (including phenoxy) is 1. The van der Waals surface area contributed by atoms with Crippen LogP contribution in [0.2, 0.25) is 0 Å². The number of nitrogens with one attached hydrogen (secondary N) is 1. The van der Waals surface area contributed by atoms with Crippen molar-refractivity contribution in [2.75, 3.05) is 7.11 Å². The molecule has 72 valence electrons. The van der Waals surface area contributed by atoms with Crippen LogP contribution in [0.4, 0.5) is 0 Å². The highest BCUT2D eigenvalue weighted by molar-refractivity contribution is 7.02. The molecule has 1 heterocycles. The number of nitrogens with zero attached hydrogens (tertiary/aromatic N) is 1. The molecule has 0 unspecified atom stereocenters. The monoisotopic (exact) mass is 209 g/mol. The van der Waals surface area contributed by atoms with Crippen molar-refractivity contribution in [1.82, 2.24) is 4.49 Å². The minimum atomic E-state index is 0.000757. The summed E-state index contributed by atoms with van der Waals surface area (Å²) in [5.74, 6) is 0.798. The van der Waals surface area contributed by atoms with Gasteiger partial charge in [0.25, 0.3) is 6.20 Å². The normalized spacial score (nSPS) is 10.1. The number of hydrogen-bond acceptors (Lipinski definition) is 3. The van der Waals surface area contributed by atoms with Crippen LogP contribution in [-0.2, 0) is 0 Å². The highest BCUT2D eigenvalue weighted by Crippen LogP contribution is 2.10. The lowest BCUT2D eigenvalue weighted by atomic mass is 10.3. The van der Waals surface area contributed by atoms with Crippen LogP contribution in [0.1, 0.15) is 0 Å². The van der Waals surface area contributed by atoms with E-state index in [4.69, 9.17) is 4.74 Å². The number of aromatic nitrogens is 2. The second kappa shape index (κ2) is 3.63. The Balaban J connectivity index is 2.38.